The van der Waals surface area contributed by atoms with Gasteiger partial charge in [0.25, 0.3) is 0 Å². The summed E-state index contributed by atoms with van der Waals surface area (Å²) in [6.07, 6.45) is 2.51. The number of halogens is 2. The molecule has 134 valence electrons. The fourth-order valence-electron chi connectivity index (χ4n) is 3.16. The van der Waals surface area contributed by atoms with E-state index in [4.69, 9.17) is 5.73 Å². The zero-order chi connectivity index (χ0) is 16.3. The summed E-state index contributed by atoms with van der Waals surface area (Å²) in [4.78, 5) is 9.06. The van der Waals surface area contributed by atoms with Gasteiger partial charge in [0.15, 0.2) is 5.96 Å². The molecule has 2 aliphatic heterocycles. The van der Waals surface area contributed by atoms with Gasteiger partial charge in [-0.1, -0.05) is 0 Å². The van der Waals surface area contributed by atoms with Gasteiger partial charge in [-0.15, -0.1) is 24.0 Å². The first-order valence-electron chi connectivity index (χ1n) is 8.25. The maximum Gasteiger partial charge on any atom is 0.191 e. The van der Waals surface area contributed by atoms with E-state index in [-0.39, 0.29) is 34.5 Å². The van der Waals surface area contributed by atoms with Gasteiger partial charge in [-0.3, -0.25) is 4.99 Å². The highest BCUT2D eigenvalue weighted by Crippen LogP contribution is 2.37. The van der Waals surface area contributed by atoms with Crippen molar-refractivity contribution in [3.63, 3.8) is 0 Å². The number of thioether (sulfide) groups is 1. The van der Waals surface area contributed by atoms with Crippen molar-refractivity contribution in [3.8, 4) is 0 Å². The molecule has 24 heavy (non-hydrogen) atoms. The van der Waals surface area contributed by atoms with Crippen molar-refractivity contribution in [2.45, 2.75) is 24.5 Å². The number of hydrogen-bond acceptors (Lipinski definition) is 3. The van der Waals surface area contributed by atoms with Gasteiger partial charge < -0.3 is 15.5 Å². The molecule has 2 saturated heterocycles. The third kappa shape index (κ3) is 4.91. The molecule has 7 heteroatoms. The molecule has 0 saturated carbocycles. The quantitative estimate of drug-likeness (QED) is 0.424. The van der Waals surface area contributed by atoms with E-state index in [0.29, 0.717) is 5.96 Å². The van der Waals surface area contributed by atoms with E-state index >= 15 is 0 Å². The van der Waals surface area contributed by atoms with Crippen LogP contribution >= 0.6 is 35.7 Å². The van der Waals surface area contributed by atoms with Crippen molar-refractivity contribution in [1.82, 2.24) is 4.90 Å². The smallest absolute Gasteiger partial charge is 0.191 e. The molecule has 1 aromatic carbocycles. The summed E-state index contributed by atoms with van der Waals surface area (Å²) in [7, 11) is 0. The molecule has 0 bridgehead atoms. The van der Waals surface area contributed by atoms with Crippen LogP contribution < -0.4 is 10.6 Å². The molecule has 0 amide bonds. The van der Waals surface area contributed by atoms with Crippen molar-refractivity contribution >= 4 is 47.4 Å². The van der Waals surface area contributed by atoms with Crippen molar-refractivity contribution in [3.05, 3.63) is 30.1 Å². The van der Waals surface area contributed by atoms with Crippen molar-refractivity contribution < 1.29 is 4.39 Å². The molecule has 3 rings (SSSR count). The first-order valence-corrected chi connectivity index (χ1v) is 9.24. The SMILES string of the molecule is CC1(CN=C(N)N2CCN(c3ccc(F)cc3)CC2)CCCS1.I. The molecule has 2 heterocycles. The summed E-state index contributed by atoms with van der Waals surface area (Å²) in [5.74, 6) is 1.71. The Morgan fingerprint density at radius 1 is 1.25 bits per heavy atom. The van der Waals surface area contributed by atoms with Crippen molar-refractivity contribution in [2.75, 3.05) is 43.4 Å². The summed E-state index contributed by atoms with van der Waals surface area (Å²) in [6, 6.07) is 6.69. The summed E-state index contributed by atoms with van der Waals surface area (Å²) < 4.78 is 13.3. The monoisotopic (exact) mass is 464 g/mol. The lowest BCUT2D eigenvalue weighted by Crippen LogP contribution is -2.51. The molecular weight excluding hydrogens is 438 g/mol. The highest BCUT2D eigenvalue weighted by molar-refractivity contribution is 14.0. The van der Waals surface area contributed by atoms with Crippen molar-refractivity contribution in [1.29, 1.82) is 0 Å². The van der Waals surface area contributed by atoms with Crippen LogP contribution in [-0.2, 0) is 0 Å². The standard InChI is InChI=1S/C17H25FN4S.HI/c1-17(7-2-12-23-17)13-20-16(19)22-10-8-21(9-11-22)15-5-3-14(18)4-6-15;/h3-6H,2,7-13H2,1H3,(H2,19,20);1H. The van der Waals surface area contributed by atoms with Crippen LogP contribution in [0.4, 0.5) is 10.1 Å². The molecule has 4 nitrogen and oxygen atoms in total. The number of piperazine rings is 1. The summed E-state index contributed by atoms with van der Waals surface area (Å²) >= 11 is 2.01. The number of benzene rings is 1. The van der Waals surface area contributed by atoms with Crippen LogP contribution in [0, 0.1) is 5.82 Å². The molecule has 2 fully saturated rings. The summed E-state index contributed by atoms with van der Waals surface area (Å²) in [5.41, 5.74) is 7.25. The predicted octanol–water partition coefficient (Wildman–Crippen LogP) is 3.17. The number of anilines is 1. The van der Waals surface area contributed by atoms with E-state index < -0.39 is 0 Å². The molecule has 2 aliphatic rings. The maximum absolute atomic E-state index is 13.0. The number of rotatable bonds is 3. The van der Waals surface area contributed by atoms with Crippen LogP contribution in [0.25, 0.3) is 0 Å². The lowest BCUT2D eigenvalue weighted by atomic mass is 10.1. The van der Waals surface area contributed by atoms with Gasteiger partial charge in [0, 0.05) is 36.6 Å². The van der Waals surface area contributed by atoms with Gasteiger partial charge in [-0.05, 0) is 49.8 Å². The number of guanidine groups is 1. The Balaban J connectivity index is 0.00000208. The van der Waals surface area contributed by atoms with Gasteiger partial charge in [0.2, 0.25) is 0 Å². The highest BCUT2D eigenvalue weighted by atomic mass is 127. The Hall–Kier alpha value is -0.700. The van der Waals surface area contributed by atoms with E-state index in [0.717, 1.165) is 38.4 Å². The second-order valence-corrected chi connectivity index (χ2v) is 8.21. The van der Waals surface area contributed by atoms with E-state index in [9.17, 15) is 4.39 Å². The second kappa shape index (κ2) is 8.60. The summed E-state index contributed by atoms with van der Waals surface area (Å²) in [5, 5.41) is 0. The lowest BCUT2D eigenvalue weighted by Gasteiger charge is -2.36. The minimum atomic E-state index is -0.193. The Morgan fingerprint density at radius 3 is 2.50 bits per heavy atom. The van der Waals surface area contributed by atoms with E-state index in [2.05, 4.69) is 21.7 Å². The van der Waals surface area contributed by atoms with Crippen LogP contribution in [0.1, 0.15) is 19.8 Å². The predicted molar refractivity (Wildman–Crippen MR) is 112 cm³/mol. The number of nitrogens with two attached hydrogens (primary N) is 1. The van der Waals surface area contributed by atoms with Crippen LogP contribution in [0.3, 0.4) is 0 Å². The van der Waals surface area contributed by atoms with Gasteiger partial charge in [0.1, 0.15) is 5.82 Å². The highest BCUT2D eigenvalue weighted by Gasteiger charge is 2.29. The largest absolute Gasteiger partial charge is 0.370 e. The first-order chi connectivity index (χ1) is 11.1. The minimum Gasteiger partial charge on any atom is -0.370 e. The van der Waals surface area contributed by atoms with Crippen LogP contribution in [-0.4, -0.2) is 54.1 Å². The van der Waals surface area contributed by atoms with Crippen LogP contribution in [0.15, 0.2) is 29.3 Å². The molecular formula is C17H26FIN4S. The van der Waals surface area contributed by atoms with Gasteiger partial charge in [0.05, 0.1) is 6.54 Å². The van der Waals surface area contributed by atoms with E-state index in [1.807, 2.05) is 23.9 Å². The third-order valence-electron chi connectivity index (χ3n) is 4.67. The fourth-order valence-corrected chi connectivity index (χ4v) is 4.38. The zero-order valence-corrected chi connectivity index (χ0v) is 17.2. The van der Waals surface area contributed by atoms with Gasteiger partial charge >= 0.3 is 0 Å². The van der Waals surface area contributed by atoms with E-state index in [1.165, 1.54) is 30.7 Å². The maximum atomic E-state index is 13.0. The first kappa shape index (κ1) is 19.6. The number of nitrogens with zero attached hydrogens (tertiary/aromatic N) is 3. The Bertz CT molecular complexity index is 552. The molecule has 1 atom stereocenters. The van der Waals surface area contributed by atoms with Gasteiger partial charge in [-0.2, -0.15) is 11.8 Å². The topological polar surface area (TPSA) is 44.9 Å². The molecule has 0 aliphatic carbocycles. The lowest BCUT2D eigenvalue weighted by molar-refractivity contribution is 0.380. The summed E-state index contributed by atoms with van der Waals surface area (Å²) in [6.45, 7) is 6.57. The van der Waals surface area contributed by atoms with Crippen LogP contribution in [0.5, 0.6) is 0 Å². The van der Waals surface area contributed by atoms with Gasteiger partial charge in [-0.25, -0.2) is 4.39 Å². The van der Waals surface area contributed by atoms with Crippen molar-refractivity contribution in [2.24, 2.45) is 10.7 Å². The molecule has 1 unspecified atom stereocenters. The Morgan fingerprint density at radius 2 is 1.92 bits per heavy atom. The second-order valence-electron chi connectivity index (χ2n) is 6.53. The normalized spacial score (nSPS) is 24.8. The average Bonchev–Trinajstić information content (AvgIpc) is 3.01. The Kier molecular flexibility index (Phi) is 7.03. The van der Waals surface area contributed by atoms with Crippen LogP contribution in [0.2, 0.25) is 0 Å². The Labute approximate surface area is 165 Å². The third-order valence-corrected chi connectivity index (χ3v) is 6.19. The molecule has 0 spiro atoms. The number of aliphatic imine (C=N–C) groups is 1. The molecule has 1 aromatic rings. The molecule has 0 radical (unpaired) electrons. The number of hydrogen-bond donors (Lipinski definition) is 1. The van der Waals surface area contributed by atoms with E-state index in [1.54, 1.807) is 0 Å². The molecule has 2 N–H and O–H groups in total. The average molecular weight is 464 g/mol. The minimum absolute atomic E-state index is 0. The zero-order valence-electron chi connectivity index (χ0n) is 14.1. The molecule has 0 aromatic heterocycles. The fraction of sp³-hybridized carbons (Fsp3) is 0.588.